The van der Waals surface area contributed by atoms with E-state index in [1.165, 1.54) is 24.8 Å². The Balaban J connectivity index is 1.66. The number of hydrogen-bond acceptors (Lipinski definition) is 4. The predicted octanol–water partition coefficient (Wildman–Crippen LogP) is 3.87. The molecule has 4 heteroatoms. The number of ether oxygens (including phenoxy) is 3. The molecule has 0 aliphatic carbocycles. The summed E-state index contributed by atoms with van der Waals surface area (Å²) >= 11 is 0. The first-order valence-electron chi connectivity index (χ1n) is 9.38. The minimum absolute atomic E-state index is 0.315. The average molecular weight is 333 g/mol. The highest BCUT2D eigenvalue weighted by Gasteiger charge is 2.26. The quantitative estimate of drug-likeness (QED) is 0.791. The summed E-state index contributed by atoms with van der Waals surface area (Å²) in [5.74, 6) is 2.38. The van der Waals surface area contributed by atoms with Crippen LogP contribution in [0, 0.1) is 5.92 Å². The molecule has 0 spiro atoms. The van der Waals surface area contributed by atoms with Gasteiger partial charge in [0.25, 0.3) is 0 Å². The molecule has 1 aromatic carbocycles. The minimum Gasteiger partial charge on any atom is -0.486 e. The lowest BCUT2D eigenvalue weighted by Gasteiger charge is -2.37. The topological polar surface area (TPSA) is 30.9 Å². The van der Waals surface area contributed by atoms with E-state index in [0.717, 1.165) is 31.2 Å². The lowest BCUT2D eigenvalue weighted by atomic mass is 10.0. The maximum absolute atomic E-state index is 6.13. The van der Waals surface area contributed by atoms with Crippen LogP contribution in [0.1, 0.15) is 45.6 Å². The van der Waals surface area contributed by atoms with Crippen molar-refractivity contribution in [2.45, 2.75) is 58.7 Å². The van der Waals surface area contributed by atoms with Crippen LogP contribution in [0.3, 0.4) is 0 Å². The second-order valence-electron chi connectivity index (χ2n) is 7.34. The zero-order valence-corrected chi connectivity index (χ0v) is 15.3. The maximum atomic E-state index is 6.13. The number of nitrogens with zero attached hydrogens (tertiary/aromatic N) is 1. The molecule has 0 bridgehead atoms. The summed E-state index contributed by atoms with van der Waals surface area (Å²) in [6.45, 7) is 10.8. The van der Waals surface area contributed by atoms with Crippen LogP contribution in [-0.2, 0) is 11.3 Å². The fourth-order valence-electron chi connectivity index (χ4n) is 3.39. The Bertz CT molecular complexity index is 532. The van der Waals surface area contributed by atoms with E-state index in [0.29, 0.717) is 31.3 Å². The second-order valence-corrected chi connectivity index (χ2v) is 7.34. The fourth-order valence-corrected chi connectivity index (χ4v) is 3.39. The van der Waals surface area contributed by atoms with Crippen molar-refractivity contribution in [1.82, 2.24) is 4.90 Å². The molecular weight excluding hydrogens is 302 g/mol. The van der Waals surface area contributed by atoms with Crippen LogP contribution >= 0.6 is 0 Å². The van der Waals surface area contributed by atoms with Gasteiger partial charge in [-0.2, -0.15) is 0 Å². The highest BCUT2D eigenvalue weighted by molar-refractivity contribution is 5.47. The van der Waals surface area contributed by atoms with Crippen LogP contribution in [0.15, 0.2) is 18.2 Å². The van der Waals surface area contributed by atoms with Crippen molar-refractivity contribution >= 4 is 0 Å². The summed E-state index contributed by atoms with van der Waals surface area (Å²) in [6, 6.07) is 6.73. The fraction of sp³-hybridized carbons (Fsp3) is 0.700. The molecule has 0 N–H and O–H groups in total. The van der Waals surface area contributed by atoms with E-state index in [1.807, 2.05) is 6.07 Å². The molecule has 134 valence electrons. The third-order valence-corrected chi connectivity index (χ3v) is 5.26. The zero-order valence-electron chi connectivity index (χ0n) is 15.3. The van der Waals surface area contributed by atoms with Crippen LogP contribution in [0.25, 0.3) is 0 Å². The Morgan fingerprint density at radius 1 is 1.17 bits per heavy atom. The highest BCUT2D eigenvalue weighted by Crippen LogP contribution is 2.35. The van der Waals surface area contributed by atoms with Gasteiger partial charge in [0.15, 0.2) is 11.5 Å². The van der Waals surface area contributed by atoms with Gasteiger partial charge in [-0.3, -0.25) is 4.90 Å². The van der Waals surface area contributed by atoms with Crippen molar-refractivity contribution in [2.24, 2.45) is 5.92 Å². The molecule has 3 rings (SSSR count). The van der Waals surface area contributed by atoms with E-state index < -0.39 is 0 Å². The highest BCUT2D eigenvalue weighted by atomic mass is 16.6. The van der Waals surface area contributed by atoms with Crippen LogP contribution < -0.4 is 9.47 Å². The molecule has 0 unspecified atom stereocenters. The molecule has 1 fully saturated rings. The Labute approximate surface area is 146 Å². The van der Waals surface area contributed by atoms with E-state index in [2.05, 4.69) is 37.8 Å². The summed E-state index contributed by atoms with van der Waals surface area (Å²) in [5.41, 5.74) is 1.23. The van der Waals surface area contributed by atoms with Gasteiger partial charge >= 0.3 is 0 Å². The van der Waals surface area contributed by atoms with Gasteiger partial charge in [0, 0.05) is 18.2 Å². The maximum Gasteiger partial charge on any atom is 0.165 e. The summed E-state index contributed by atoms with van der Waals surface area (Å²) < 4.78 is 17.7. The number of benzene rings is 1. The smallest absolute Gasteiger partial charge is 0.165 e. The summed E-state index contributed by atoms with van der Waals surface area (Å²) in [4.78, 5) is 2.56. The van der Waals surface area contributed by atoms with Crippen LogP contribution in [-0.4, -0.2) is 43.4 Å². The molecule has 2 aliphatic rings. The molecule has 0 amide bonds. The van der Waals surface area contributed by atoms with Gasteiger partial charge in [-0.05, 0) is 38.3 Å². The molecule has 0 saturated carbocycles. The number of rotatable bonds is 6. The molecular formula is C20H31NO3. The molecule has 2 aliphatic heterocycles. The van der Waals surface area contributed by atoms with E-state index in [-0.39, 0.29) is 0 Å². The SMILES string of the molecule is CC(C)[C@H](C)OC[C@H]1CCCCN1Cc1cccc2c1OCCO2. The Hall–Kier alpha value is -1.26. The van der Waals surface area contributed by atoms with E-state index in [9.17, 15) is 0 Å². The summed E-state index contributed by atoms with van der Waals surface area (Å²) in [7, 11) is 0. The first kappa shape index (κ1) is 17.6. The lowest BCUT2D eigenvalue weighted by molar-refractivity contribution is -0.0166. The normalized spacial score (nSPS) is 22.6. The van der Waals surface area contributed by atoms with Gasteiger partial charge < -0.3 is 14.2 Å². The number of hydrogen-bond donors (Lipinski definition) is 0. The average Bonchev–Trinajstić information content (AvgIpc) is 2.61. The summed E-state index contributed by atoms with van der Waals surface area (Å²) in [6.07, 6.45) is 4.10. The Morgan fingerprint density at radius 2 is 2.00 bits per heavy atom. The van der Waals surface area contributed by atoms with Crippen molar-refractivity contribution in [1.29, 1.82) is 0 Å². The molecule has 1 saturated heterocycles. The van der Waals surface area contributed by atoms with Gasteiger partial charge in [0.2, 0.25) is 0 Å². The van der Waals surface area contributed by atoms with E-state index >= 15 is 0 Å². The van der Waals surface area contributed by atoms with Crippen molar-refractivity contribution in [3.63, 3.8) is 0 Å². The van der Waals surface area contributed by atoms with Gasteiger partial charge in [-0.25, -0.2) is 0 Å². The van der Waals surface area contributed by atoms with Crippen molar-refractivity contribution in [3.05, 3.63) is 23.8 Å². The van der Waals surface area contributed by atoms with Crippen LogP contribution in [0.2, 0.25) is 0 Å². The molecule has 2 heterocycles. The Morgan fingerprint density at radius 3 is 2.83 bits per heavy atom. The van der Waals surface area contributed by atoms with Gasteiger partial charge in [0.05, 0.1) is 12.7 Å². The van der Waals surface area contributed by atoms with E-state index in [1.54, 1.807) is 0 Å². The lowest BCUT2D eigenvalue weighted by Crippen LogP contribution is -2.42. The molecule has 2 atom stereocenters. The van der Waals surface area contributed by atoms with Crippen LogP contribution in [0.4, 0.5) is 0 Å². The Kier molecular flexibility index (Phi) is 6.01. The number of fused-ring (bicyclic) bond motifs is 1. The number of piperidine rings is 1. The minimum atomic E-state index is 0.315. The van der Waals surface area contributed by atoms with Gasteiger partial charge in [-0.1, -0.05) is 32.4 Å². The molecule has 0 aromatic heterocycles. The van der Waals surface area contributed by atoms with Crippen LogP contribution in [0.5, 0.6) is 11.5 Å². The van der Waals surface area contributed by atoms with Crippen molar-refractivity contribution < 1.29 is 14.2 Å². The number of likely N-dealkylation sites (tertiary alicyclic amines) is 1. The summed E-state index contributed by atoms with van der Waals surface area (Å²) in [5, 5.41) is 0. The third-order valence-electron chi connectivity index (χ3n) is 5.26. The zero-order chi connectivity index (χ0) is 16.9. The monoisotopic (exact) mass is 333 g/mol. The largest absolute Gasteiger partial charge is 0.486 e. The molecule has 24 heavy (non-hydrogen) atoms. The third kappa shape index (κ3) is 4.22. The first-order valence-corrected chi connectivity index (χ1v) is 9.38. The van der Waals surface area contributed by atoms with Gasteiger partial charge in [0.1, 0.15) is 13.2 Å². The van der Waals surface area contributed by atoms with Crippen molar-refractivity contribution in [3.8, 4) is 11.5 Å². The predicted molar refractivity (Wildman–Crippen MR) is 95.7 cm³/mol. The number of para-hydroxylation sites is 1. The van der Waals surface area contributed by atoms with Gasteiger partial charge in [-0.15, -0.1) is 0 Å². The first-order chi connectivity index (χ1) is 11.6. The molecule has 4 nitrogen and oxygen atoms in total. The van der Waals surface area contributed by atoms with E-state index in [4.69, 9.17) is 14.2 Å². The molecule has 1 aromatic rings. The van der Waals surface area contributed by atoms with Crippen molar-refractivity contribution in [2.75, 3.05) is 26.4 Å². The standard InChI is InChI=1S/C20H31NO3/c1-15(2)16(3)24-14-18-8-4-5-10-21(18)13-17-7-6-9-19-20(17)23-12-11-22-19/h6-7,9,15-16,18H,4-5,8,10-14H2,1-3H3/t16-,18+/m0/s1. The second kappa shape index (κ2) is 8.21. The molecule has 0 radical (unpaired) electrons.